The van der Waals surface area contributed by atoms with Crippen LogP contribution in [-0.2, 0) is 32.0 Å². The average molecular weight is 498 g/mol. The Labute approximate surface area is 210 Å². The van der Waals surface area contributed by atoms with Gasteiger partial charge >= 0.3 is 5.97 Å². The van der Waals surface area contributed by atoms with Crippen LogP contribution in [0.4, 0.5) is 0 Å². The highest BCUT2D eigenvalue weighted by atomic mass is 16.4. The fourth-order valence-corrected chi connectivity index (χ4v) is 3.67. The molecule has 0 bridgehead atoms. The van der Waals surface area contributed by atoms with E-state index in [9.17, 15) is 24.3 Å². The lowest BCUT2D eigenvalue weighted by atomic mass is 10.0. The van der Waals surface area contributed by atoms with Crippen LogP contribution < -0.4 is 27.4 Å². The van der Waals surface area contributed by atoms with Crippen molar-refractivity contribution < 1.29 is 24.3 Å². The quantitative estimate of drug-likeness (QED) is 0.189. The van der Waals surface area contributed by atoms with Gasteiger partial charge in [0.05, 0.1) is 6.54 Å². The first kappa shape index (κ1) is 28.5. The van der Waals surface area contributed by atoms with Gasteiger partial charge in [0.15, 0.2) is 0 Å². The second-order valence-electron chi connectivity index (χ2n) is 8.45. The summed E-state index contributed by atoms with van der Waals surface area (Å²) in [5.74, 6) is -2.88. The molecule has 0 aromatic heterocycles. The molecule has 10 heteroatoms. The maximum atomic E-state index is 13.2. The molecule has 2 rings (SSSR count). The molecular formula is C26H35N5O5. The van der Waals surface area contributed by atoms with Crippen molar-refractivity contribution in [2.75, 3.05) is 13.1 Å². The number of hydrogen-bond acceptors (Lipinski definition) is 6. The van der Waals surface area contributed by atoms with Gasteiger partial charge in [-0.05, 0) is 36.9 Å². The zero-order chi connectivity index (χ0) is 26.3. The predicted octanol–water partition coefficient (Wildman–Crippen LogP) is 0.0985. The molecule has 3 unspecified atom stereocenters. The van der Waals surface area contributed by atoms with Crippen molar-refractivity contribution >= 4 is 23.7 Å². The van der Waals surface area contributed by atoms with Gasteiger partial charge in [0.2, 0.25) is 17.7 Å². The van der Waals surface area contributed by atoms with Gasteiger partial charge in [-0.2, -0.15) is 0 Å². The SMILES string of the molecule is NCCCCC(NC(=O)C(Cc1ccccc1)NC(=O)CN)C(=O)NC(Cc1ccccc1)C(=O)O. The summed E-state index contributed by atoms with van der Waals surface area (Å²) in [5, 5.41) is 17.5. The summed E-state index contributed by atoms with van der Waals surface area (Å²) in [4.78, 5) is 50.1. The summed E-state index contributed by atoms with van der Waals surface area (Å²) in [5.41, 5.74) is 12.6. The molecule has 36 heavy (non-hydrogen) atoms. The maximum absolute atomic E-state index is 13.2. The zero-order valence-corrected chi connectivity index (χ0v) is 20.2. The molecule has 0 radical (unpaired) electrons. The summed E-state index contributed by atoms with van der Waals surface area (Å²) in [6.45, 7) is 0.121. The maximum Gasteiger partial charge on any atom is 0.326 e. The van der Waals surface area contributed by atoms with Gasteiger partial charge in [0.1, 0.15) is 18.1 Å². The van der Waals surface area contributed by atoms with E-state index in [2.05, 4.69) is 16.0 Å². The summed E-state index contributed by atoms with van der Waals surface area (Å²) in [6, 6.07) is 14.9. The number of unbranched alkanes of at least 4 members (excludes halogenated alkanes) is 1. The number of benzene rings is 2. The highest BCUT2D eigenvalue weighted by Gasteiger charge is 2.29. The van der Waals surface area contributed by atoms with Gasteiger partial charge in [-0.15, -0.1) is 0 Å². The van der Waals surface area contributed by atoms with Crippen LogP contribution in [0.1, 0.15) is 30.4 Å². The third-order valence-electron chi connectivity index (χ3n) is 5.60. The van der Waals surface area contributed by atoms with Crippen LogP contribution in [0, 0.1) is 0 Å². The van der Waals surface area contributed by atoms with E-state index < -0.39 is 41.8 Å². The fraction of sp³-hybridized carbons (Fsp3) is 0.385. The van der Waals surface area contributed by atoms with Crippen LogP contribution >= 0.6 is 0 Å². The first-order chi connectivity index (χ1) is 17.3. The molecular weight excluding hydrogens is 462 g/mol. The Hall–Kier alpha value is -3.76. The van der Waals surface area contributed by atoms with Crippen LogP contribution in [0.3, 0.4) is 0 Å². The second-order valence-corrected chi connectivity index (χ2v) is 8.45. The predicted molar refractivity (Wildman–Crippen MR) is 136 cm³/mol. The smallest absolute Gasteiger partial charge is 0.326 e. The molecule has 0 spiro atoms. The van der Waals surface area contributed by atoms with Gasteiger partial charge in [-0.25, -0.2) is 4.79 Å². The van der Waals surface area contributed by atoms with Crippen LogP contribution in [0.25, 0.3) is 0 Å². The van der Waals surface area contributed by atoms with E-state index in [0.717, 1.165) is 11.1 Å². The lowest BCUT2D eigenvalue weighted by molar-refractivity contribution is -0.142. The zero-order valence-electron chi connectivity index (χ0n) is 20.2. The van der Waals surface area contributed by atoms with Crippen LogP contribution in [-0.4, -0.2) is 60.0 Å². The molecule has 2 aromatic carbocycles. The van der Waals surface area contributed by atoms with Gasteiger partial charge in [-0.1, -0.05) is 60.7 Å². The number of rotatable bonds is 15. The number of carbonyl (C=O) groups is 4. The number of carbonyl (C=O) groups excluding carboxylic acids is 3. The number of hydrogen-bond donors (Lipinski definition) is 6. The highest BCUT2D eigenvalue weighted by molar-refractivity contribution is 5.93. The largest absolute Gasteiger partial charge is 0.480 e. The molecule has 2 aromatic rings. The Morgan fingerprint density at radius 2 is 1.19 bits per heavy atom. The monoisotopic (exact) mass is 497 g/mol. The summed E-state index contributed by atoms with van der Waals surface area (Å²) < 4.78 is 0. The third-order valence-corrected chi connectivity index (χ3v) is 5.60. The third kappa shape index (κ3) is 9.85. The van der Waals surface area contributed by atoms with E-state index in [1.54, 1.807) is 24.3 Å². The Kier molecular flexibility index (Phi) is 12.1. The number of amides is 3. The minimum atomic E-state index is -1.18. The Bertz CT molecular complexity index is 987. The van der Waals surface area contributed by atoms with Crippen molar-refractivity contribution in [1.82, 2.24) is 16.0 Å². The summed E-state index contributed by atoms with van der Waals surface area (Å²) >= 11 is 0. The first-order valence-corrected chi connectivity index (χ1v) is 11.9. The lowest BCUT2D eigenvalue weighted by Gasteiger charge is -2.25. The van der Waals surface area contributed by atoms with E-state index in [1.807, 2.05) is 36.4 Å². The minimum Gasteiger partial charge on any atom is -0.480 e. The van der Waals surface area contributed by atoms with Gasteiger partial charge in [0.25, 0.3) is 0 Å². The summed E-state index contributed by atoms with van der Waals surface area (Å²) in [7, 11) is 0. The number of carboxylic acid groups (broad SMARTS) is 1. The first-order valence-electron chi connectivity index (χ1n) is 11.9. The molecule has 0 saturated heterocycles. The van der Waals surface area contributed by atoms with Crippen molar-refractivity contribution in [1.29, 1.82) is 0 Å². The molecule has 0 fully saturated rings. The minimum absolute atomic E-state index is 0.0918. The Balaban J connectivity index is 2.16. The van der Waals surface area contributed by atoms with E-state index in [-0.39, 0.29) is 25.8 Å². The second kappa shape index (κ2) is 15.3. The molecule has 0 heterocycles. The molecule has 0 saturated carbocycles. The molecule has 10 nitrogen and oxygen atoms in total. The number of nitrogens with two attached hydrogens (primary N) is 2. The molecule has 194 valence electrons. The highest BCUT2D eigenvalue weighted by Crippen LogP contribution is 2.08. The van der Waals surface area contributed by atoms with Gasteiger partial charge in [-0.3, -0.25) is 14.4 Å². The Morgan fingerprint density at radius 1 is 0.694 bits per heavy atom. The number of aliphatic carboxylic acids is 1. The number of nitrogens with one attached hydrogen (secondary N) is 3. The van der Waals surface area contributed by atoms with Crippen molar-refractivity contribution in [2.45, 2.75) is 50.2 Å². The standard InChI is InChI=1S/C26H35N5O5/c27-14-8-7-13-20(24(33)31-22(26(35)36)16-19-11-5-2-6-12-19)30-25(34)21(29-23(32)17-28)15-18-9-3-1-4-10-18/h1-6,9-12,20-22H,7-8,13-17,27-28H2,(H,29,32)(H,30,34)(H,31,33)(H,35,36). The molecule has 3 atom stereocenters. The lowest BCUT2D eigenvalue weighted by Crippen LogP contribution is -2.57. The Morgan fingerprint density at radius 3 is 1.69 bits per heavy atom. The molecule has 3 amide bonds. The van der Waals surface area contributed by atoms with E-state index in [1.165, 1.54) is 0 Å². The van der Waals surface area contributed by atoms with Gasteiger partial charge < -0.3 is 32.5 Å². The molecule has 0 aliphatic heterocycles. The van der Waals surface area contributed by atoms with Crippen molar-refractivity contribution in [2.24, 2.45) is 11.5 Å². The van der Waals surface area contributed by atoms with Crippen molar-refractivity contribution in [3.05, 3.63) is 71.8 Å². The molecule has 0 aliphatic carbocycles. The normalized spacial score (nSPS) is 13.2. The number of carboxylic acids is 1. The van der Waals surface area contributed by atoms with Crippen molar-refractivity contribution in [3.8, 4) is 0 Å². The van der Waals surface area contributed by atoms with Crippen LogP contribution in [0.5, 0.6) is 0 Å². The van der Waals surface area contributed by atoms with E-state index >= 15 is 0 Å². The van der Waals surface area contributed by atoms with E-state index in [0.29, 0.717) is 19.4 Å². The molecule has 0 aliphatic rings. The average Bonchev–Trinajstić information content (AvgIpc) is 2.88. The van der Waals surface area contributed by atoms with Crippen LogP contribution in [0.15, 0.2) is 60.7 Å². The van der Waals surface area contributed by atoms with Gasteiger partial charge in [0, 0.05) is 12.8 Å². The van der Waals surface area contributed by atoms with Crippen LogP contribution in [0.2, 0.25) is 0 Å². The van der Waals surface area contributed by atoms with Crippen molar-refractivity contribution in [3.63, 3.8) is 0 Å². The fourth-order valence-electron chi connectivity index (χ4n) is 3.67. The van der Waals surface area contributed by atoms with E-state index in [4.69, 9.17) is 11.5 Å². The molecule has 8 N–H and O–H groups in total. The topological polar surface area (TPSA) is 177 Å². The summed E-state index contributed by atoms with van der Waals surface area (Å²) in [6.07, 6.45) is 1.72.